The van der Waals surface area contributed by atoms with E-state index in [-0.39, 0.29) is 55.2 Å². The Morgan fingerprint density at radius 1 is 0.848 bits per heavy atom. The zero-order valence-electron chi connectivity index (χ0n) is 46.7. The van der Waals surface area contributed by atoms with Crippen molar-refractivity contribution in [3.8, 4) is 11.5 Å². The number of rotatable bonds is 21. The van der Waals surface area contributed by atoms with Gasteiger partial charge in [0, 0.05) is 24.5 Å². The number of hydrogen-bond acceptors (Lipinski definition) is 13. The highest BCUT2D eigenvalue weighted by molar-refractivity contribution is 6.74. The van der Waals surface area contributed by atoms with Gasteiger partial charge in [0.15, 0.2) is 8.32 Å². The van der Waals surface area contributed by atoms with E-state index in [2.05, 4.69) is 49.1 Å². The van der Waals surface area contributed by atoms with Crippen LogP contribution in [0.3, 0.4) is 0 Å². The zero-order chi connectivity index (χ0) is 56.7. The Balaban J connectivity index is 0.00000294. The monoisotopic (exact) mass is 1100 g/mol. The second-order valence-corrected chi connectivity index (χ2v) is 27.2. The highest BCUT2D eigenvalue weighted by Gasteiger charge is 2.41. The molecule has 79 heavy (non-hydrogen) atoms. The lowest BCUT2D eigenvalue weighted by molar-refractivity contribution is -0.122. The Kier molecular flexibility index (Phi) is 20.2. The number of amides is 2. The molecule has 5 heterocycles. The average molecular weight is 1100 g/mol. The number of nitrogens with zero attached hydrogens (tertiary/aromatic N) is 2. The summed E-state index contributed by atoms with van der Waals surface area (Å²) in [4.78, 5) is 68.8. The number of furan rings is 1. The summed E-state index contributed by atoms with van der Waals surface area (Å²) in [5, 5.41) is 10.6. The van der Waals surface area contributed by atoms with Gasteiger partial charge in [0.05, 0.1) is 30.8 Å². The summed E-state index contributed by atoms with van der Waals surface area (Å²) >= 11 is 0. The van der Waals surface area contributed by atoms with Gasteiger partial charge in [0.2, 0.25) is 11.3 Å². The van der Waals surface area contributed by atoms with E-state index < -0.39 is 44.2 Å². The standard InChI is InChI=1S/C60H74N4O11Si.CH2O2/c1-59(2,3)74-58(68)64(38-52(75-76(7,8)60(4,5)6)47-25-28-49(55-48(47)26-29-53(65)61-55)71-39-41-18-11-9-12-19-41)32-15-16-35-69-56(66)50-27-24-46(72-50)40-70-45-23-17-22-44(36-45)54(43-20-13-10-14-21-43)62-57(67)73-51-37-63-33-30-42(51)31-34-63;2-1-3/h9-14,17-29,36,42,51-52,54H,15-16,30-35,37-40H2,1-8H3,(H,61,65)(H,62,67);1H,(H,2,3)/t51-,52?,54?;/m0./s1. The minimum Gasteiger partial charge on any atom is -0.487 e. The lowest BCUT2D eigenvalue weighted by atomic mass is 9.86. The summed E-state index contributed by atoms with van der Waals surface area (Å²) in [6.07, 6.45) is 1.33. The first kappa shape index (κ1) is 59.3. The Morgan fingerprint density at radius 2 is 1.54 bits per heavy atom. The minimum atomic E-state index is -2.49. The summed E-state index contributed by atoms with van der Waals surface area (Å²) in [7, 11) is -2.49. The van der Waals surface area contributed by atoms with Crippen molar-refractivity contribution >= 4 is 43.8 Å². The van der Waals surface area contributed by atoms with Crippen LogP contribution in [0.25, 0.3) is 10.9 Å². The van der Waals surface area contributed by atoms with E-state index in [1.54, 1.807) is 23.1 Å². The van der Waals surface area contributed by atoms with Crippen LogP contribution < -0.4 is 20.3 Å². The van der Waals surface area contributed by atoms with Crippen LogP contribution >= 0.6 is 0 Å². The molecule has 6 aromatic rings. The molecule has 0 radical (unpaired) electrons. The lowest BCUT2D eigenvalue weighted by Gasteiger charge is -2.43. The Labute approximate surface area is 463 Å². The van der Waals surface area contributed by atoms with Gasteiger partial charge in [-0.1, -0.05) is 99.6 Å². The molecule has 3 N–H and O–H groups in total. The number of piperidine rings is 3. The number of benzene rings is 4. The SMILES string of the molecule is CC(C)(C)OC(=O)N(CCCCOC(=O)c1ccc(COc2cccc(C(NC(=O)O[C@H]3CN4CCC3CC4)c3ccccc3)c2)o1)CC(O[Si](C)(C)C(C)(C)C)c1ccc(OCc2ccccc2)c2[nH]c(=O)ccc12.O=CO. The molecule has 0 spiro atoms. The first-order valence-electron chi connectivity index (χ1n) is 27.0. The van der Waals surface area contributed by atoms with E-state index in [4.69, 9.17) is 42.4 Å². The number of aromatic amines is 1. The number of esters is 1. The second kappa shape index (κ2) is 27.0. The Bertz CT molecular complexity index is 3020. The van der Waals surface area contributed by atoms with Gasteiger partial charge in [-0.15, -0.1) is 0 Å². The van der Waals surface area contributed by atoms with E-state index in [0.29, 0.717) is 48.1 Å². The third-order valence-electron chi connectivity index (χ3n) is 14.5. The van der Waals surface area contributed by atoms with Crippen LogP contribution in [0.15, 0.2) is 131 Å². The molecule has 0 aliphatic carbocycles. The quantitative estimate of drug-likeness (QED) is 0.0201. The predicted octanol–water partition coefficient (Wildman–Crippen LogP) is 11.8. The van der Waals surface area contributed by atoms with Crippen molar-refractivity contribution in [1.29, 1.82) is 0 Å². The maximum atomic E-state index is 14.1. The number of carbonyl (C=O) groups excluding carboxylic acids is 3. The molecular formula is C61H76N4O13Si. The summed E-state index contributed by atoms with van der Waals surface area (Å²) in [5.41, 5.74) is 3.00. The van der Waals surface area contributed by atoms with Gasteiger partial charge in [-0.25, -0.2) is 14.4 Å². The van der Waals surface area contributed by atoms with Crippen molar-refractivity contribution in [2.45, 2.75) is 122 Å². The molecular weight excluding hydrogens is 1020 g/mol. The van der Waals surface area contributed by atoms with Gasteiger partial charge >= 0.3 is 18.2 Å². The van der Waals surface area contributed by atoms with Crippen molar-refractivity contribution in [1.82, 2.24) is 20.1 Å². The van der Waals surface area contributed by atoms with Gasteiger partial charge in [-0.3, -0.25) is 14.5 Å². The molecule has 2 amide bonds. The van der Waals surface area contributed by atoms with Crippen LogP contribution in [0.4, 0.5) is 9.59 Å². The summed E-state index contributed by atoms with van der Waals surface area (Å²) in [5.74, 6) is 1.30. The smallest absolute Gasteiger partial charge is 0.410 e. The van der Waals surface area contributed by atoms with E-state index in [1.807, 2.05) is 118 Å². The number of ether oxygens (including phenoxy) is 5. The van der Waals surface area contributed by atoms with Gasteiger partial charge in [0.25, 0.3) is 6.47 Å². The molecule has 2 bridgehead atoms. The molecule has 3 aliphatic heterocycles. The maximum Gasteiger partial charge on any atom is 0.410 e. The number of nitrogens with one attached hydrogen (secondary N) is 2. The van der Waals surface area contributed by atoms with Gasteiger partial charge in [-0.2, -0.15) is 0 Å². The van der Waals surface area contributed by atoms with Crippen LogP contribution in [0, 0.1) is 5.92 Å². The second-order valence-electron chi connectivity index (χ2n) is 22.5. The molecule has 4 aromatic carbocycles. The molecule has 3 aliphatic rings. The van der Waals surface area contributed by atoms with Crippen molar-refractivity contribution in [3.05, 3.63) is 165 Å². The zero-order valence-corrected chi connectivity index (χ0v) is 47.7. The number of carboxylic acid groups (broad SMARTS) is 1. The van der Waals surface area contributed by atoms with Crippen LogP contribution in [0.5, 0.6) is 11.5 Å². The van der Waals surface area contributed by atoms with Crippen molar-refractivity contribution in [2.24, 2.45) is 5.92 Å². The summed E-state index contributed by atoms with van der Waals surface area (Å²) in [6.45, 7) is 19.8. The molecule has 422 valence electrons. The first-order chi connectivity index (χ1) is 37.7. The average Bonchev–Trinajstić information content (AvgIpc) is 3.97. The van der Waals surface area contributed by atoms with Gasteiger partial charge in [-0.05, 0) is 142 Å². The van der Waals surface area contributed by atoms with Crippen LogP contribution in [0.2, 0.25) is 18.1 Å². The molecule has 9 rings (SSSR count). The number of pyridine rings is 1. The minimum absolute atomic E-state index is 0.0354. The van der Waals surface area contributed by atoms with E-state index in [0.717, 1.165) is 60.1 Å². The highest BCUT2D eigenvalue weighted by atomic mass is 28.4. The number of hydrogen-bond donors (Lipinski definition) is 3. The number of alkyl carbamates (subject to hydrolysis) is 1. The number of H-pyrrole nitrogens is 1. The summed E-state index contributed by atoms with van der Waals surface area (Å²) in [6, 6.07) is 36.9. The topological polar surface area (TPSA) is 208 Å². The van der Waals surface area contributed by atoms with Crippen LogP contribution in [-0.2, 0) is 36.6 Å². The number of unbranched alkanes of at least 4 members (excludes halogenated alkanes) is 1. The normalized spacial score (nSPS) is 16.8. The Hall–Kier alpha value is -7.41. The van der Waals surface area contributed by atoms with Crippen molar-refractivity contribution in [2.75, 3.05) is 39.3 Å². The highest BCUT2D eigenvalue weighted by Crippen LogP contribution is 2.42. The molecule has 18 heteroatoms. The third kappa shape index (κ3) is 16.8. The fraction of sp³-hybridized carbons (Fsp3) is 0.426. The number of fused-ring (bicyclic) bond motifs is 4. The molecule has 2 unspecified atom stereocenters. The van der Waals surface area contributed by atoms with Crippen LogP contribution in [0.1, 0.15) is 118 Å². The molecule has 17 nitrogen and oxygen atoms in total. The molecule has 3 fully saturated rings. The lowest BCUT2D eigenvalue weighted by Crippen LogP contribution is -2.52. The van der Waals surface area contributed by atoms with E-state index in [9.17, 15) is 19.2 Å². The maximum absolute atomic E-state index is 14.1. The fourth-order valence-electron chi connectivity index (χ4n) is 9.38. The van der Waals surface area contributed by atoms with Crippen LogP contribution in [-0.4, -0.2) is 104 Å². The largest absolute Gasteiger partial charge is 0.487 e. The third-order valence-corrected chi connectivity index (χ3v) is 19.0. The molecule has 3 atom stereocenters. The van der Waals surface area contributed by atoms with Gasteiger partial charge < -0.3 is 52.8 Å². The fourth-order valence-corrected chi connectivity index (χ4v) is 10.6. The first-order valence-corrected chi connectivity index (χ1v) is 29.9. The Morgan fingerprint density at radius 3 is 2.22 bits per heavy atom. The predicted molar refractivity (Wildman–Crippen MR) is 303 cm³/mol. The molecule has 3 saturated heterocycles. The van der Waals surface area contributed by atoms with E-state index >= 15 is 0 Å². The van der Waals surface area contributed by atoms with Crippen molar-refractivity contribution < 1.29 is 56.8 Å². The molecule has 0 saturated carbocycles. The van der Waals surface area contributed by atoms with Gasteiger partial charge in [0.1, 0.15) is 42.2 Å². The number of carbonyl (C=O) groups is 4. The summed E-state index contributed by atoms with van der Waals surface area (Å²) < 4.78 is 43.1. The van der Waals surface area contributed by atoms with E-state index in [1.165, 1.54) is 6.07 Å². The molecule has 2 aromatic heterocycles. The number of aromatic nitrogens is 1. The van der Waals surface area contributed by atoms with Crippen molar-refractivity contribution in [3.63, 3.8) is 0 Å².